The molecule has 2 N–H and O–H groups in total. The lowest BCUT2D eigenvalue weighted by molar-refractivity contribution is -0.133. The third-order valence-electron chi connectivity index (χ3n) is 6.71. The Bertz CT molecular complexity index is 930. The molecule has 176 valence electrons. The van der Waals surface area contributed by atoms with Crippen molar-refractivity contribution in [3.63, 3.8) is 0 Å². The van der Waals surface area contributed by atoms with Gasteiger partial charge < -0.3 is 15.0 Å². The molecule has 4 rings (SSSR count). The van der Waals surface area contributed by atoms with E-state index in [-0.39, 0.29) is 34.8 Å². The fourth-order valence-corrected chi connectivity index (χ4v) is 6.20. The Morgan fingerprint density at radius 1 is 1.19 bits per heavy atom. The second kappa shape index (κ2) is 9.76. The predicted molar refractivity (Wildman–Crippen MR) is 119 cm³/mol. The van der Waals surface area contributed by atoms with E-state index in [4.69, 9.17) is 4.74 Å². The zero-order valence-electron chi connectivity index (χ0n) is 18.5. The highest BCUT2D eigenvalue weighted by atomic mass is 32.2. The van der Waals surface area contributed by atoms with Crippen LogP contribution in [0, 0.1) is 0 Å². The summed E-state index contributed by atoms with van der Waals surface area (Å²) in [6.45, 7) is 2.61. The Morgan fingerprint density at radius 2 is 1.91 bits per heavy atom. The molecule has 32 heavy (non-hydrogen) atoms. The summed E-state index contributed by atoms with van der Waals surface area (Å²) >= 11 is 0. The minimum Gasteiger partial charge on any atom is -0.497 e. The highest BCUT2D eigenvalue weighted by molar-refractivity contribution is 7.89. The number of fused-ring (bicyclic) bond motifs is 1. The molecule has 0 unspecified atom stereocenters. The fraction of sp³-hybridized carbons (Fsp3) is 0.636. The number of nitrogens with zero attached hydrogens (tertiary/aromatic N) is 2. The second-order valence-electron chi connectivity index (χ2n) is 8.82. The number of piperazine rings is 1. The molecule has 0 aromatic heterocycles. The number of sulfonamides is 1. The van der Waals surface area contributed by atoms with Gasteiger partial charge in [-0.2, -0.15) is 0 Å². The fourth-order valence-electron chi connectivity index (χ4n) is 4.96. The van der Waals surface area contributed by atoms with E-state index in [1.54, 1.807) is 12.1 Å². The molecule has 3 saturated heterocycles. The van der Waals surface area contributed by atoms with Gasteiger partial charge in [0.05, 0.1) is 18.0 Å². The van der Waals surface area contributed by atoms with Gasteiger partial charge in [-0.15, -0.1) is 0 Å². The molecule has 0 radical (unpaired) electrons. The monoisotopic (exact) mass is 464 g/mol. The normalized spacial score (nSPS) is 26.5. The molecule has 10 heteroatoms. The molecular weight excluding hydrogens is 432 g/mol. The molecular formula is C22H32N4O5S. The van der Waals surface area contributed by atoms with E-state index in [2.05, 4.69) is 14.9 Å². The third kappa shape index (κ3) is 5.07. The summed E-state index contributed by atoms with van der Waals surface area (Å²) in [5, 5.41) is 2.94. The zero-order valence-corrected chi connectivity index (χ0v) is 19.3. The average Bonchev–Trinajstić information content (AvgIpc) is 3.23. The SMILES string of the molecule is COc1ccc(S(=O)(=O)N[C@@H]2C[C@H]3C(=O)NC[C@@H](CCC(=O)N4CCCCC4)N3C2)cc1. The molecule has 0 spiro atoms. The lowest BCUT2D eigenvalue weighted by Crippen LogP contribution is -2.58. The first-order valence-corrected chi connectivity index (χ1v) is 12.8. The standard InChI is InChI=1S/C22H32N4O5S/c1-31-18-6-8-19(9-7-18)32(29,30)24-16-13-20-22(28)23-14-17(26(20)15-16)5-10-21(27)25-11-3-2-4-12-25/h6-9,16-17,20,24H,2-5,10-15H2,1H3,(H,23,28)/t16-,17-,20+/m1/s1. The van der Waals surface area contributed by atoms with Gasteiger partial charge in [0.25, 0.3) is 0 Å². The van der Waals surface area contributed by atoms with Crippen LogP contribution in [0.15, 0.2) is 29.2 Å². The van der Waals surface area contributed by atoms with Crippen molar-refractivity contribution in [3.8, 4) is 5.75 Å². The number of rotatable bonds is 7. The summed E-state index contributed by atoms with van der Waals surface area (Å²) in [6, 6.07) is 5.52. The number of hydrogen-bond donors (Lipinski definition) is 2. The second-order valence-corrected chi connectivity index (χ2v) is 10.5. The van der Waals surface area contributed by atoms with Crippen molar-refractivity contribution >= 4 is 21.8 Å². The molecule has 2 amide bonds. The first kappa shape index (κ1) is 23.0. The van der Waals surface area contributed by atoms with Gasteiger partial charge in [0.15, 0.2) is 0 Å². The van der Waals surface area contributed by atoms with Crippen LogP contribution in [-0.4, -0.2) is 81.4 Å². The van der Waals surface area contributed by atoms with Crippen LogP contribution in [0.1, 0.15) is 38.5 Å². The molecule has 0 saturated carbocycles. The molecule has 3 heterocycles. The minimum absolute atomic E-state index is 0.0296. The van der Waals surface area contributed by atoms with Crippen LogP contribution in [0.3, 0.4) is 0 Å². The van der Waals surface area contributed by atoms with Crippen LogP contribution in [-0.2, 0) is 19.6 Å². The van der Waals surface area contributed by atoms with Crippen LogP contribution < -0.4 is 14.8 Å². The summed E-state index contributed by atoms with van der Waals surface area (Å²) in [6.07, 6.45) is 4.83. The van der Waals surface area contributed by atoms with Crippen molar-refractivity contribution in [1.82, 2.24) is 19.8 Å². The molecule has 0 aliphatic carbocycles. The molecule has 1 aromatic rings. The summed E-state index contributed by atoms with van der Waals surface area (Å²) in [7, 11) is -2.19. The topological polar surface area (TPSA) is 108 Å². The minimum atomic E-state index is -3.71. The number of nitrogens with one attached hydrogen (secondary N) is 2. The van der Waals surface area contributed by atoms with E-state index >= 15 is 0 Å². The maximum atomic E-state index is 12.8. The molecule has 3 aliphatic rings. The van der Waals surface area contributed by atoms with E-state index in [0.29, 0.717) is 38.1 Å². The van der Waals surface area contributed by atoms with Crippen LogP contribution >= 0.6 is 0 Å². The highest BCUT2D eigenvalue weighted by Gasteiger charge is 2.44. The number of piperidine rings is 1. The van der Waals surface area contributed by atoms with Crippen molar-refractivity contribution in [2.45, 2.75) is 61.5 Å². The largest absolute Gasteiger partial charge is 0.497 e. The van der Waals surface area contributed by atoms with Gasteiger partial charge in [0.2, 0.25) is 21.8 Å². The van der Waals surface area contributed by atoms with Crippen LogP contribution in [0.5, 0.6) is 5.75 Å². The summed E-state index contributed by atoms with van der Waals surface area (Å²) < 4.78 is 33.5. The van der Waals surface area contributed by atoms with Crippen LogP contribution in [0.2, 0.25) is 0 Å². The molecule has 3 aliphatic heterocycles. The molecule has 0 bridgehead atoms. The van der Waals surface area contributed by atoms with Crippen molar-refractivity contribution < 1.29 is 22.7 Å². The lowest BCUT2D eigenvalue weighted by atomic mass is 10.0. The Labute approximate surface area is 189 Å². The van der Waals surface area contributed by atoms with Crippen molar-refractivity contribution in [3.05, 3.63) is 24.3 Å². The smallest absolute Gasteiger partial charge is 0.240 e. The quantitative estimate of drug-likeness (QED) is 0.615. The molecule has 1 aromatic carbocycles. The number of methoxy groups -OCH3 is 1. The van der Waals surface area contributed by atoms with Gasteiger partial charge in [-0.05, 0) is 56.4 Å². The van der Waals surface area contributed by atoms with Gasteiger partial charge in [0, 0.05) is 44.7 Å². The van der Waals surface area contributed by atoms with Gasteiger partial charge in [-0.3, -0.25) is 14.5 Å². The number of ether oxygens (including phenoxy) is 1. The highest BCUT2D eigenvalue weighted by Crippen LogP contribution is 2.27. The summed E-state index contributed by atoms with van der Waals surface area (Å²) in [4.78, 5) is 29.2. The number of amides is 2. The third-order valence-corrected chi connectivity index (χ3v) is 8.25. The maximum Gasteiger partial charge on any atom is 0.240 e. The average molecular weight is 465 g/mol. The molecule has 3 atom stereocenters. The van der Waals surface area contributed by atoms with Crippen molar-refractivity contribution in [2.24, 2.45) is 0 Å². The van der Waals surface area contributed by atoms with Gasteiger partial charge in [-0.25, -0.2) is 13.1 Å². The van der Waals surface area contributed by atoms with E-state index in [0.717, 1.165) is 25.9 Å². The Hall–Kier alpha value is -2.17. The number of likely N-dealkylation sites (tertiary alicyclic amines) is 1. The lowest BCUT2D eigenvalue weighted by Gasteiger charge is -2.37. The summed E-state index contributed by atoms with van der Waals surface area (Å²) in [5.41, 5.74) is 0. The van der Waals surface area contributed by atoms with Crippen molar-refractivity contribution in [2.75, 3.05) is 33.3 Å². The number of benzene rings is 1. The number of carbonyl (C=O) groups is 2. The Balaban J connectivity index is 1.37. The maximum absolute atomic E-state index is 12.8. The van der Waals surface area contributed by atoms with Gasteiger partial charge >= 0.3 is 0 Å². The Morgan fingerprint density at radius 3 is 2.59 bits per heavy atom. The number of hydrogen-bond acceptors (Lipinski definition) is 6. The zero-order chi connectivity index (χ0) is 22.7. The molecule has 9 nitrogen and oxygen atoms in total. The Kier molecular flexibility index (Phi) is 7.02. The van der Waals surface area contributed by atoms with Crippen LogP contribution in [0.4, 0.5) is 0 Å². The van der Waals surface area contributed by atoms with Crippen molar-refractivity contribution in [1.29, 1.82) is 0 Å². The summed E-state index contributed by atoms with van der Waals surface area (Å²) in [5.74, 6) is 0.685. The number of carbonyl (C=O) groups excluding carboxylic acids is 2. The first-order chi connectivity index (χ1) is 15.4. The van der Waals surface area contributed by atoms with E-state index in [1.807, 2.05) is 4.90 Å². The predicted octanol–water partition coefficient (Wildman–Crippen LogP) is 0.708. The van der Waals surface area contributed by atoms with Gasteiger partial charge in [-0.1, -0.05) is 0 Å². The van der Waals surface area contributed by atoms with E-state index in [1.165, 1.54) is 25.7 Å². The van der Waals surface area contributed by atoms with Gasteiger partial charge in [0.1, 0.15) is 5.75 Å². The first-order valence-electron chi connectivity index (χ1n) is 11.3. The van der Waals surface area contributed by atoms with E-state index in [9.17, 15) is 18.0 Å². The van der Waals surface area contributed by atoms with Crippen LogP contribution in [0.25, 0.3) is 0 Å². The van der Waals surface area contributed by atoms with E-state index < -0.39 is 10.0 Å². The molecule has 3 fully saturated rings.